The van der Waals surface area contributed by atoms with E-state index in [0.717, 1.165) is 5.69 Å². The lowest BCUT2D eigenvalue weighted by Crippen LogP contribution is -2.13. The Labute approximate surface area is 117 Å². The van der Waals surface area contributed by atoms with Crippen molar-refractivity contribution in [3.05, 3.63) is 53.9 Å². The van der Waals surface area contributed by atoms with Crippen molar-refractivity contribution < 1.29 is 9.53 Å². The van der Waals surface area contributed by atoms with Gasteiger partial charge in [0, 0.05) is 11.6 Å². The molecular weight excluding hydrogens is 252 g/mol. The number of nitrogens with one attached hydrogen (secondary N) is 1. The van der Waals surface area contributed by atoms with Crippen molar-refractivity contribution in [3.63, 3.8) is 0 Å². The van der Waals surface area contributed by atoms with Gasteiger partial charge in [0.2, 0.25) is 0 Å². The van der Waals surface area contributed by atoms with Crippen molar-refractivity contribution in [3.8, 4) is 5.75 Å². The molecule has 0 atom stereocenters. The number of hydrogen-bond acceptors (Lipinski definition) is 3. The van der Waals surface area contributed by atoms with E-state index in [0.29, 0.717) is 22.9 Å². The number of carbonyl (C=O) groups excluding carboxylic acids is 1. The van der Waals surface area contributed by atoms with Crippen molar-refractivity contribution in [2.45, 2.75) is 18.8 Å². The molecule has 1 saturated carbocycles. The van der Waals surface area contributed by atoms with E-state index >= 15 is 0 Å². The van der Waals surface area contributed by atoms with E-state index in [1.165, 1.54) is 12.8 Å². The number of aromatic nitrogens is 1. The molecule has 0 spiro atoms. The predicted molar refractivity (Wildman–Crippen MR) is 77.2 cm³/mol. The second-order valence-electron chi connectivity index (χ2n) is 4.90. The third kappa shape index (κ3) is 2.64. The summed E-state index contributed by atoms with van der Waals surface area (Å²) in [4.78, 5) is 16.6. The SMILES string of the molecule is COc1ccccc1C(=O)Nc1ccc(C2CC2)nc1. The molecule has 0 saturated heterocycles. The summed E-state index contributed by atoms with van der Waals surface area (Å²) in [6.45, 7) is 0. The maximum absolute atomic E-state index is 12.2. The number of pyridine rings is 1. The second-order valence-corrected chi connectivity index (χ2v) is 4.90. The number of amides is 1. The molecule has 1 aromatic carbocycles. The summed E-state index contributed by atoms with van der Waals surface area (Å²) in [6.07, 6.45) is 4.15. The number of nitrogens with zero attached hydrogens (tertiary/aromatic N) is 1. The zero-order chi connectivity index (χ0) is 13.9. The zero-order valence-electron chi connectivity index (χ0n) is 11.3. The lowest BCUT2D eigenvalue weighted by molar-refractivity contribution is 0.102. The Morgan fingerprint density at radius 3 is 2.70 bits per heavy atom. The van der Waals surface area contributed by atoms with Gasteiger partial charge in [-0.15, -0.1) is 0 Å². The Bertz CT molecular complexity index is 619. The van der Waals surface area contributed by atoms with Gasteiger partial charge in [0.15, 0.2) is 0 Å². The second kappa shape index (κ2) is 5.33. The van der Waals surface area contributed by atoms with Crippen LogP contribution in [0.4, 0.5) is 5.69 Å². The van der Waals surface area contributed by atoms with E-state index in [9.17, 15) is 4.79 Å². The molecule has 0 unspecified atom stereocenters. The number of para-hydroxylation sites is 1. The molecule has 0 radical (unpaired) electrons. The third-order valence-electron chi connectivity index (χ3n) is 3.39. The van der Waals surface area contributed by atoms with Gasteiger partial charge in [0.1, 0.15) is 5.75 Å². The van der Waals surface area contributed by atoms with Gasteiger partial charge in [0.25, 0.3) is 5.91 Å². The van der Waals surface area contributed by atoms with E-state index in [1.807, 2.05) is 24.3 Å². The van der Waals surface area contributed by atoms with Gasteiger partial charge in [0.05, 0.1) is 24.6 Å². The fraction of sp³-hybridized carbons (Fsp3) is 0.250. The van der Waals surface area contributed by atoms with Crippen LogP contribution in [0, 0.1) is 0 Å². The molecule has 3 rings (SSSR count). The molecule has 4 nitrogen and oxygen atoms in total. The number of hydrogen-bond donors (Lipinski definition) is 1. The molecular formula is C16H16N2O2. The standard InChI is InChI=1S/C16H16N2O2/c1-20-15-5-3-2-4-13(15)16(19)18-12-8-9-14(17-10-12)11-6-7-11/h2-5,8-11H,6-7H2,1H3,(H,18,19). The molecule has 1 aliphatic carbocycles. The van der Waals surface area contributed by atoms with E-state index in [-0.39, 0.29) is 5.91 Å². The normalized spacial score (nSPS) is 13.8. The quantitative estimate of drug-likeness (QED) is 0.926. The van der Waals surface area contributed by atoms with E-state index in [1.54, 1.807) is 25.4 Å². The largest absolute Gasteiger partial charge is 0.496 e. The van der Waals surface area contributed by atoms with Crippen molar-refractivity contribution in [1.82, 2.24) is 4.98 Å². The summed E-state index contributed by atoms with van der Waals surface area (Å²) >= 11 is 0. The first kappa shape index (κ1) is 12.7. The number of carbonyl (C=O) groups is 1. The molecule has 102 valence electrons. The summed E-state index contributed by atoms with van der Waals surface area (Å²) < 4.78 is 5.19. The molecule has 1 amide bonds. The topological polar surface area (TPSA) is 51.2 Å². The summed E-state index contributed by atoms with van der Waals surface area (Å²) in [5.41, 5.74) is 2.33. The summed E-state index contributed by atoms with van der Waals surface area (Å²) in [7, 11) is 1.55. The summed E-state index contributed by atoms with van der Waals surface area (Å²) in [6, 6.07) is 11.0. The Morgan fingerprint density at radius 2 is 2.05 bits per heavy atom. The Balaban J connectivity index is 1.74. The lowest BCUT2D eigenvalue weighted by Gasteiger charge is -2.09. The van der Waals surface area contributed by atoms with Crippen molar-refractivity contribution >= 4 is 11.6 Å². The molecule has 0 aliphatic heterocycles. The van der Waals surface area contributed by atoms with Crippen molar-refractivity contribution in [2.75, 3.05) is 12.4 Å². The van der Waals surface area contributed by atoms with Crippen LogP contribution in [-0.4, -0.2) is 18.0 Å². The fourth-order valence-corrected chi connectivity index (χ4v) is 2.13. The van der Waals surface area contributed by atoms with Gasteiger partial charge in [-0.3, -0.25) is 9.78 Å². The monoisotopic (exact) mass is 268 g/mol. The highest BCUT2D eigenvalue weighted by atomic mass is 16.5. The highest BCUT2D eigenvalue weighted by Gasteiger charge is 2.24. The first-order valence-corrected chi connectivity index (χ1v) is 6.68. The van der Waals surface area contributed by atoms with E-state index in [2.05, 4.69) is 10.3 Å². The number of methoxy groups -OCH3 is 1. The molecule has 20 heavy (non-hydrogen) atoms. The van der Waals surface area contributed by atoms with Gasteiger partial charge in [-0.05, 0) is 37.1 Å². The Morgan fingerprint density at radius 1 is 1.25 bits per heavy atom. The molecule has 0 bridgehead atoms. The number of ether oxygens (including phenoxy) is 1. The van der Waals surface area contributed by atoms with Crippen LogP contribution >= 0.6 is 0 Å². The van der Waals surface area contributed by atoms with Crippen LogP contribution in [0.5, 0.6) is 5.75 Å². The minimum atomic E-state index is -0.191. The van der Waals surface area contributed by atoms with Gasteiger partial charge < -0.3 is 10.1 Å². The number of benzene rings is 1. The first-order chi connectivity index (χ1) is 9.78. The van der Waals surface area contributed by atoms with Crippen LogP contribution in [-0.2, 0) is 0 Å². The van der Waals surface area contributed by atoms with Gasteiger partial charge in [-0.2, -0.15) is 0 Å². The number of rotatable bonds is 4. The lowest BCUT2D eigenvalue weighted by atomic mass is 10.2. The molecule has 1 aromatic heterocycles. The number of anilines is 1. The van der Waals surface area contributed by atoms with E-state index in [4.69, 9.17) is 4.74 Å². The van der Waals surface area contributed by atoms with Gasteiger partial charge in [-0.25, -0.2) is 0 Å². The van der Waals surface area contributed by atoms with Gasteiger partial charge >= 0.3 is 0 Å². The highest BCUT2D eigenvalue weighted by molar-refractivity contribution is 6.06. The highest BCUT2D eigenvalue weighted by Crippen LogP contribution is 2.38. The summed E-state index contributed by atoms with van der Waals surface area (Å²) in [5, 5.41) is 2.84. The Hall–Kier alpha value is -2.36. The minimum absolute atomic E-state index is 0.191. The molecule has 2 aromatic rings. The van der Waals surface area contributed by atoms with Crippen LogP contribution in [0.25, 0.3) is 0 Å². The van der Waals surface area contributed by atoms with Gasteiger partial charge in [-0.1, -0.05) is 12.1 Å². The average Bonchev–Trinajstić information content (AvgIpc) is 3.32. The van der Waals surface area contributed by atoms with Crippen LogP contribution in [0.2, 0.25) is 0 Å². The maximum Gasteiger partial charge on any atom is 0.259 e. The van der Waals surface area contributed by atoms with E-state index < -0.39 is 0 Å². The van der Waals surface area contributed by atoms with Crippen molar-refractivity contribution in [2.24, 2.45) is 0 Å². The zero-order valence-corrected chi connectivity index (χ0v) is 11.3. The molecule has 1 N–H and O–H groups in total. The van der Waals surface area contributed by atoms with Crippen LogP contribution in [0.1, 0.15) is 34.8 Å². The first-order valence-electron chi connectivity index (χ1n) is 6.68. The molecule has 1 fully saturated rings. The van der Waals surface area contributed by atoms with Crippen molar-refractivity contribution in [1.29, 1.82) is 0 Å². The van der Waals surface area contributed by atoms with Crippen LogP contribution < -0.4 is 10.1 Å². The third-order valence-corrected chi connectivity index (χ3v) is 3.39. The minimum Gasteiger partial charge on any atom is -0.496 e. The molecule has 4 heteroatoms. The van der Waals surface area contributed by atoms with Crippen LogP contribution in [0.3, 0.4) is 0 Å². The fourth-order valence-electron chi connectivity index (χ4n) is 2.13. The average molecular weight is 268 g/mol. The Kier molecular flexibility index (Phi) is 3.37. The summed E-state index contributed by atoms with van der Waals surface area (Å²) in [5.74, 6) is 0.991. The maximum atomic E-state index is 12.2. The molecule has 1 heterocycles. The smallest absolute Gasteiger partial charge is 0.259 e. The predicted octanol–water partition coefficient (Wildman–Crippen LogP) is 3.22. The molecule has 1 aliphatic rings. The van der Waals surface area contributed by atoms with Crippen LogP contribution in [0.15, 0.2) is 42.6 Å².